The van der Waals surface area contributed by atoms with Gasteiger partial charge in [-0.1, -0.05) is 47.6 Å². The number of benzene rings is 1. The Morgan fingerprint density at radius 3 is 2.33 bits per heavy atom. The zero-order valence-corrected chi connectivity index (χ0v) is 9.59. The van der Waals surface area contributed by atoms with E-state index in [1.807, 2.05) is 0 Å². The van der Waals surface area contributed by atoms with Crippen molar-refractivity contribution in [1.29, 1.82) is 0 Å². The maximum Gasteiger partial charge on any atom is -0.0224 e. The minimum absolute atomic E-state index is 1.21. The van der Waals surface area contributed by atoms with Crippen molar-refractivity contribution in [2.24, 2.45) is 0 Å². The molecule has 0 aromatic heterocycles. The second kappa shape index (κ2) is 4.48. The fourth-order valence-electron chi connectivity index (χ4n) is 1.98. The summed E-state index contributed by atoms with van der Waals surface area (Å²) < 4.78 is 0. The summed E-state index contributed by atoms with van der Waals surface area (Å²) in [6.45, 7) is 4.35. The summed E-state index contributed by atoms with van der Waals surface area (Å²) in [6.07, 6.45) is 8.28. The summed E-state index contributed by atoms with van der Waals surface area (Å²) in [7, 11) is 0. The molecular weight excluding hydrogens is 180 g/mol. The Balaban J connectivity index is 2.27. The number of allylic oxidation sites excluding steroid dienone is 4. The highest BCUT2D eigenvalue weighted by Gasteiger charge is 2.04. The van der Waals surface area contributed by atoms with Gasteiger partial charge in [0.2, 0.25) is 0 Å². The Kier molecular flexibility index (Phi) is 3.05. The molecule has 1 aromatic rings. The lowest BCUT2D eigenvalue weighted by molar-refractivity contribution is 0.850. The van der Waals surface area contributed by atoms with Crippen molar-refractivity contribution >= 4 is 5.57 Å². The molecule has 0 heterocycles. The van der Waals surface area contributed by atoms with Crippen molar-refractivity contribution in [3.05, 3.63) is 53.1 Å². The van der Waals surface area contributed by atoms with Gasteiger partial charge in [0, 0.05) is 0 Å². The third kappa shape index (κ3) is 2.59. The van der Waals surface area contributed by atoms with E-state index >= 15 is 0 Å². The fourth-order valence-corrected chi connectivity index (χ4v) is 1.98. The molecule has 0 atom stereocenters. The molecule has 0 spiro atoms. The van der Waals surface area contributed by atoms with Crippen molar-refractivity contribution in [2.45, 2.75) is 33.1 Å². The van der Waals surface area contributed by atoms with Crippen LogP contribution in [0.5, 0.6) is 0 Å². The van der Waals surface area contributed by atoms with E-state index in [1.165, 1.54) is 41.5 Å². The summed E-state index contributed by atoms with van der Waals surface area (Å²) >= 11 is 0. The SMILES string of the molecule is CC1=CC=C(c2ccc(C)cc2)CCC1. The molecule has 15 heavy (non-hydrogen) atoms. The van der Waals surface area contributed by atoms with Crippen molar-refractivity contribution < 1.29 is 0 Å². The van der Waals surface area contributed by atoms with E-state index in [-0.39, 0.29) is 0 Å². The summed E-state index contributed by atoms with van der Waals surface area (Å²) in [6, 6.07) is 8.85. The molecule has 0 unspecified atom stereocenters. The average Bonchev–Trinajstić information content (AvgIpc) is 2.44. The van der Waals surface area contributed by atoms with Crippen LogP contribution in [0.3, 0.4) is 0 Å². The number of hydrogen-bond donors (Lipinski definition) is 0. The molecule has 2 rings (SSSR count). The lowest BCUT2D eigenvalue weighted by Gasteiger charge is -2.05. The molecule has 0 amide bonds. The van der Waals surface area contributed by atoms with Crippen molar-refractivity contribution in [3.63, 3.8) is 0 Å². The third-order valence-corrected chi connectivity index (χ3v) is 3.01. The second-order valence-corrected chi connectivity index (χ2v) is 4.42. The molecule has 0 N–H and O–H groups in total. The van der Waals surface area contributed by atoms with Crippen LogP contribution in [0.15, 0.2) is 42.0 Å². The fraction of sp³-hybridized carbons (Fsp3) is 0.333. The monoisotopic (exact) mass is 198 g/mol. The van der Waals surface area contributed by atoms with E-state index in [2.05, 4.69) is 50.3 Å². The Hall–Kier alpha value is -1.30. The van der Waals surface area contributed by atoms with E-state index < -0.39 is 0 Å². The maximum atomic E-state index is 2.28. The van der Waals surface area contributed by atoms with Crippen molar-refractivity contribution in [1.82, 2.24) is 0 Å². The molecule has 0 radical (unpaired) electrons. The molecule has 0 bridgehead atoms. The molecule has 1 aliphatic rings. The first-order valence-electron chi connectivity index (χ1n) is 5.69. The molecule has 1 aliphatic carbocycles. The summed E-state index contributed by atoms with van der Waals surface area (Å²) in [5.74, 6) is 0. The van der Waals surface area contributed by atoms with Gasteiger partial charge in [-0.05, 0) is 44.2 Å². The Morgan fingerprint density at radius 2 is 1.60 bits per heavy atom. The van der Waals surface area contributed by atoms with E-state index in [1.54, 1.807) is 0 Å². The van der Waals surface area contributed by atoms with Crippen LogP contribution in [0.4, 0.5) is 0 Å². The smallest absolute Gasteiger partial charge is 0.0224 e. The number of aryl methyl sites for hydroxylation is 1. The van der Waals surface area contributed by atoms with E-state index in [0.717, 1.165) is 0 Å². The zero-order valence-electron chi connectivity index (χ0n) is 9.59. The van der Waals surface area contributed by atoms with E-state index in [9.17, 15) is 0 Å². The van der Waals surface area contributed by atoms with Gasteiger partial charge in [-0.3, -0.25) is 0 Å². The van der Waals surface area contributed by atoms with E-state index in [4.69, 9.17) is 0 Å². The first-order chi connectivity index (χ1) is 7.25. The maximum absolute atomic E-state index is 2.28. The average molecular weight is 198 g/mol. The number of rotatable bonds is 1. The molecule has 0 aliphatic heterocycles. The largest absolute Gasteiger partial charge is 0.0733 e. The van der Waals surface area contributed by atoms with Gasteiger partial charge < -0.3 is 0 Å². The Labute approximate surface area is 92.3 Å². The van der Waals surface area contributed by atoms with Gasteiger partial charge in [0.05, 0.1) is 0 Å². The van der Waals surface area contributed by atoms with Crippen LogP contribution >= 0.6 is 0 Å². The second-order valence-electron chi connectivity index (χ2n) is 4.42. The van der Waals surface area contributed by atoms with Gasteiger partial charge in [0.15, 0.2) is 0 Å². The minimum atomic E-state index is 1.21. The lowest BCUT2D eigenvalue weighted by atomic mass is 10.00. The van der Waals surface area contributed by atoms with Crippen LogP contribution in [0.2, 0.25) is 0 Å². The summed E-state index contributed by atoms with van der Waals surface area (Å²) in [4.78, 5) is 0. The molecule has 0 fully saturated rings. The van der Waals surface area contributed by atoms with Crippen LogP contribution in [0, 0.1) is 6.92 Å². The van der Waals surface area contributed by atoms with Gasteiger partial charge in [-0.15, -0.1) is 0 Å². The molecule has 0 heteroatoms. The lowest BCUT2D eigenvalue weighted by Crippen LogP contribution is -1.84. The molecule has 0 saturated heterocycles. The standard InChI is InChI=1S/C15H18/c1-12-4-3-5-14(9-6-12)15-10-7-13(2)8-11-15/h6-11H,3-5H2,1-2H3. The minimum Gasteiger partial charge on any atom is -0.0733 e. The van der Waals surface area contributed by atoms with Gasteiger partial charge in [-0.2, -0.15) is 0 Å². The predicted octanol–water partition coefficient (Wildman–Crippen LogP) is 4.51. The molecule has 1 aromatic carbocycles. The molecular formula is C15H18. The van der Waals surface area contributed by atoms with Crippen LogP contribution in [0.25, 0.3) is 5.57 Å². The first-order valence-corrected chi connectivity index (χ1v) is 5.69. The summed E-state index contributed by atoms with van der Waals surface area (Å²) in [5, 5.41) is 0. The van der Waals surface area contributed by atoms with Crippen LogP contribution in [-0.2, 0) is 0 Å². The van der Waals surface area contributed by atoms with Crippen molar-refractivity contribution in [3.8, 4) is 0 Å². The van der Waals surface area contributed by atoms with Gasteiger partial charge in [0.25, 0.3) is 0 Å². The van der Waals surface area contributed by atoms with Crippen LogP contribution in [0.1, 0.15) is 37.3 Å². The van der Waals surface area contributed by atoms with Crippen LogP contribution in [-0.4, -0.2) is 0 Å². The Morgan fingerprint density at radius 1 is 0.867 bits per heavy atom. The highest BCUT2D eigenvalue weighted by molar-refractivity contribution is 5.67. The molecule has 0 nitrogen and oxygen atoms in total. The predicted molar refractivity (Wildman–Crippen MR) is 66.8 cm³/mol. The third-order valence-electron chi connectivity index (χ3n) is 3.01. The van der Waals surface area contributed by atoms with Crippen LogP contribution < -0.4 is 0 Å². The van der Waals surface area contributed by atoms with Gasteiger partial charge in [-0.25, -0.2) is 0 Å². The van der Waals surface area contributed by atoms with Gasteiger partial charge in [0.1, 0.15) is 0 Å². The summed E-state index contributed by atoms with van der Waals surface area (Å²) in [5.41, 5.74) is 5.69. The highest BCUT2D eigenvalue weighted by atomic mass is 14.1. The first kappa shape index (κ1) is 10.2. The van der Waals surface area contributed by atoms with Gasteiger partial charge >= 0.3 is 0 Å². The molecule has 0 saturated carbocycles. The van der Waals surface area contributed by atoms with Crippen molar-refractivity contribution in [2.75, 3.05) is 0 Å². The zero-order chi connectivity index (χ0) is 10.7. The topological polar surface area (TPSA) is 0 Å². The molecule has 78 valence electrons. The van der Waals surface area contributed by atoms with E-state index in [0.29, 0.717) is 0 Å². The Bertz CT molecular complexity index is 391. The highest BCUT2D eigenvalue weighted by Crippen LogP contribution is 2.25. The normalized spacial score (nSPS) is 16.7. The quantitative estimate of drug-likeness (QED) is 0.623. The number of hydrogen-bond acceptors (Lipinski definition) is 0.